The molecule has 0 aromatic heterocycles. The largest absolute Gasteiger partial charge is 0.462 e. The van der Waals surface area contributed by atoms with Crippen molar-refractivity contribution in [2.75, 3.05) is 11.9 Å². The second kappa shape index (κ2) is 8.42. The number of benzene rings is 1. The fourth-order valence-corrected chi connectivity index (χ4v) is 1.44. The second-order valence-electron chi connectivity index (χ2n) is 3.75. The molecule has 0 saturated carbocycles. The first-order chi connectivity index (χ1) is 10.1. The van der Waals surface area contributed by atoms with E-state index in [1.54, 1.807) is 37.3 Å². The molecule has 0 saturated heterocycles. The third kappa shape index (κ3) is 5.40. The first-order valence-electron chi connectivity index (χ1n) is 6.02. The molecule has 5 nitrogen and oxygen atoms in total. The van der Waals surface area contributed by atoms with Crippen LogP contribution in [0, 0.1) is 22.7 Å². The molecule has 0 atom stereocenters. The Bertz CT molecular complexity index is 649. The van der Waals surface area contributed by atoms with E-state index in [0.29, 0.717) is 5.02 Å². The molecule has 0 spiro atoms. The predicted molar refractivity (Wildman–Crippen MR) is 79.1 cm³/mol. The zero-order chi connectivity index (χ0) is 15.7. The van der Waals surface area contributed by atoms with Crippen molar-refractivity contribution >= 4 is 23.3 Å². The van der Waals surface area contributed by atoms with Crippen LogP contribution in [-0.2, 0) is 9.53 Å². The van der Waals surface area contributed by atoms with Gasteiger partial charge in [0.2, 0.25) is 0 Å². The van der Waals surface area contributed by atoms with Gasteiger partial charge in [-0.15, -0.1) is 0 Å². The standard InChI is InChI=1S/C15H12ClN3O2/c1-2-21-15(20)12(9-18)7-11(8-17)10-19-14-5-3-13(16)4-6-14/h3-7,10,19H,2H2,1H3/b11-10+,12-7+. The molecule has 0 bridgehead atoms. The number of nitrogens with zero attached hydrogens (tertiary/aromatic N) is 2. The Hall–Kier alpha value is -2.76. The third-order valence-electron chi connectivity index (χ3n) is 2.28. The highest BCUT2D eigenvalue weighted by Gasteiger charge is 2.10. The average Bonchev–Trinajstić information content (AvgIpc) is 2.49. The number of ether oxygens (including phenoxy) is 1. The number of anilines is 1. The van der Waals surface area contributed by atoms with E-state index in [1.807, 2.05) is 6.07 Å². The molecule has 6 heteroatoms. The summed E-state index contributed by atoms with van der Waals surface area (Å²) in [5.74, 6) is -0.757. The zero-order valence-corrected chi connectivity index (χ0v) is 12.0. The van der Waals surface area contributed by atoms with Gasteiger partial charge >= 0.3 is 5.97 Å². The Labute approximate surface area is 127 Å². The van der Waals surface area contributed by atoms with Gasteiger partial charge in [-0.1, -0.05) is 11.6 Å². The molecule has 0 heterocycles. The summed E-state index contributed by atoms with van der Waals surface area (Å²) in [6, 6.07) is 10.4. The summed E-state index contributed by atoms with van der Waals surface area (Å²) in [6.45, 7) is 1.79. The minimum absolute atomic E-state index is 0.120. The summed E-state index contributed by atoms with van der Waals surface area (Å²) in [5, 5.41) is 21.4. The molecule has 0 amide bonds. The summed E-state index contributed by atoms with van der Waals surface area (Å²) in [7, 11) is 0. The number of carbonyl (C=O) groups is 1. The Kier molecular flexibility index (Phi) is 6.53. The van der Waals surface area contributed by atoms with Gasteiger partial charge in [-0.3, -0.25) is 0 Å². The number of carbonyl (C=O) groups excluding carboxylic acids is 1. The molecule has 0 aliphatic carbocycles. The molecular weight excluding hydrogens is 290 g/mol. The summed E-state index contributed by atoms with van der Waals surface area (Å²) < 4.78 is 4.71. The van der Waals surface area contributed by atoms with Crippen LogP contribution in [0.3, 0.4) is 0 Å². The summed E-state index contributed by atoms with van der Waals surface area (Å²) in [4.78, 5) is 11.5. The summed E-state index contributed by atoms with van der Waals surface area (Å²) in [6.07, 6.45) is 2.56. The highest BCUT2D eigenvalue weighted by atomic mass is 35.5. The van der Waals surface area contributed by atoms with Crippen LogP contribution in [0.5, 0.6) is 0 Å². The van der Waals surface area contributed by atoms with Crippen molar-refractivity contribution in [2.24, 2.45) is 0 Å². The van der Waals surface area contributed by atoms with E-state index in [2.05, 4.69) is 5.32 Å². The lowest BCUT2D eigenvalue weighted by Gasteiger charge is -2.01. The number of rotatable bonds is 5. The molecule has 0 radical (unpaired) electrons. The van der Waals surface area contributed by atoms with Gasteiger partial charge in [0.05, 0.1) is 12.2 Å². The quantitative estimate of drug-likeness (QED) is 0.391. The Balaban J connectivity index is 2.89. The Morgan fingerprint density at radius 2 is 2.00 bits per heavy atom. The van der Waals surface area contributed by atoms with Crippen LogP contribution in [0.25, 0.3) is 0 Å². The number of nitrogens with one attached hydrogen (secondary N) is 1. The van der Waals surface area contributed by atoms with E-state index in [4.69, 9.17) is 26.9 Å². The van der Waals surface area contributed by atoms with Gasteiger partial charge in [0, 0.05) is 16.9 Å². The maximum Gasteiger partial charge on any atom is 0.348 e. The van der Waals surface area contributed by atoms with Crippen LogP contribution in [0.4, 0.5) is 5.69 Å². The topological polar surface area (TPSA) is 85.9 Å². The van der Waals surface area contributed by atoms with Crippen molar-refractivity contribution in [3.05, 3.63) is 52.7 Å². The van der Waals surface area contributed by atoms with E-state index in [0.717, 1.165) is 5.69 Å². The Morgan fingerprint density at radius 1 is 1.33 bits per heavy atom. The van der Waals surface area contributed by atoms with Crippen molar-refractivity contribution in [3.63, 3.8) is 0 Å². The number of hydrogen-bond donors (Lipinski definition) is 1. The third-order valence-corrected chi connectivity index (χ3v) is 2.54. The molecule has 1 rings (SSSR count). The van der Waals surface area contributed by atoms with Crippen LogP contribution in [0.1, 0.15) is 6.92 Å². The van der Waals surface area contributed by atoms with Crippen LogP contribution >= 0.6 is 11.6 Å². The highest BCUT2D eigenvalue weighted by Crippen LogP contribution is 2.14. The van der Waals surface area contributed by atoms with E-state index in [1.165, 1.54) is 12.3 Å². The molecule has 1 N–H and O–H groups in total. The van der Waals surface area contributed by atoms with Crippen LogP contribution in [0.15, 0.2) is 47.7 Å². The minimum atomic E-state index is -0.757. The van der Waals surface area contributed by atoms with Crippen LogP contribution in [-0.4, -0.2) is 12.6 Å². The van der Waals surface area contributed by atoms with Gasteiger partial charge in [-0.2, -0.15) is 10.5 Å². The average molecular weight is 302 g/mol. The summed E-state index contributed by atoms with van der Waals surface area (Å²) >= 11 is 5.76. The van der Waals surface area contributed by atoms with Crippen molar-refractivity contribution in [3.8, 4) is 12.1 Å². The first-order valence-corrected chi connectivity index (χ1v) is 6.39. The second-order valence-corrected chi connectivity index (χ2v) is 4.19. The van der Waals surface area contributed by atoms with Gasteiger partial charge in [0.25, 0.3) is 0 Å². The molecule has 21 heavy (non-hydrogen) atoms. The maximum atomic E-state index is 11.5. The molecule has 0 fully saturated rings. The van der Waals surface area contributed by atoms with Crippen molar-refractivity contribution in [1.82, 2.24) is 0 Å². The van der Waals surface area contributed by atoms with Gasteiger partial charge in [0.15, 0.2) is 0 Å². The molecule has 1 aromatic carbocycles. The maximum absolute atomic E-state index is 11.5. The van der Waals surface area contributed by atoms with Crippen LogP contribution in [0.2, 0.25) is 5.02 Å². The van der Waals surface area contributed by atoms with E-state index in [-0.39, 0.29) is 17.8 Å². The fourth-order valence-electron chi connectivity index (χ4n) is 1.31. The molecule has 0 aliphatic heterocycles. The number of allylic oxidation sites excluding steroid dienone is 2. The molecule has 1 aromatic rings. The molecule has 0 unspecified atom stereocenters. The van der Waals surface area contributed by atoms with Crippen molar-refractivity contribution in [2.45, 2.75) is 6.92 Å². The van der Waals surface area contributed by atoms with Gasteiger partial charge in [-0.05, 0) is 37.3 Å². The lowest BCUT2D eigenvalue weighted by molar-refractivity contribution is -0.138. The van der Waals surface area contributed by atoms with E-state index < -0.39 is 5.97 Å². The number of nitriles is 2. The molecule has 0 aliphatic rings. The summed E-state index contributed by atoms with van der Waals surface area (Å²) in [5.41, 5.74) is 0.604. The van der Waals surface area contributed by atoms with Crippen molar-refractivity contribution < 1.29 is 9.53 Å². The Morgan fingerprint density at radius 3 is 2.52 bits per heavy atom. The monoisotopic (exact) mass is 301 g/mol. The van der Waals surface area contributed by atoms with Crippen LogP contribution < -0.4 is 5.32 Å². The molecular formula is C15H12ClN3O2. The normalized spacial score (nSPS) is 11.2. The smallest absolute Gasteiger partial charge is 0.348 e. The van der Waals surface area contributed by atoms with Crippen molar-refractivity contribution in [1.29, 1.82) is 10.5 Å². The predicted octanol–water partition coefficient (Wildman–Crippen LogP) is 3.17. The number of esters is 1. The SMILES string of the molecule is CCOC(=O)/C(C#N)=C/C(C#N)=C\Nc1ccc(Cl)cc1. The first kappa shape index (κ1) is 16.3. The number of halogens is 1. The lowest BCUT2D eigenvalue weighted by atomic mass is 10.2. The fraction of sp³-hybridized carbons (Fsp3) is 0.133. The van der Waals surface area contributed by atoms with E-state index >= 15 is 0 Å². The zero-order valence-electron chi connectivity index (χ0n) is 11.3. The minimum Gasteiger partial charge on any atom is -0.462 e. The van der Waals surface area contributed by atoms with Gasteiger partial charge < -0.3 is 10.1 Å². The highest BCUT2D eigenvalue weighted by molar-refractivity contribution is 6.30. The van der Waals surface area contributed by atoms with E-state index in [9.17, 15) is 4.79 Å². The van der Waals surface area contributed by atoms with Gasteiger partial charge in [-0.25, -0.2) is 4.79 Å². The number of hydrogen-bond acceptors (Lipinski definition) is 5. The van der Waals surface area contributed by atoms with Gasteiger partial charge in [0.1, 0.15) is 17.7 Å². The lowest BCUT2D eigenvalue weighted by Crippen LogP contribution is -2.06. The molecule has 106 valence electrons.